The van der Waals surface area contributed by atoms with Gasteiger partial charge in [-0.3, -0.25) is 0 Å². The van der Waals surface area contributed by atoms with Crippen LogP contribution in [0.3, 0.4) is 0 Å². The molecule has 1 heterocycles. The second-order valence-corrected chi connectivity index (χ2v) is 5.68. The number of ether oxygens (including phenoxy) is 1. The molecule has 1 aliphatic rings. The molecule has 3 nitrogen and oxygen atoms in total. The SMILES string of the molecule is CCNC(c1occc1Br)C1(OCC)CCCC1. The first-order chi connectivity index (χ1) is 8.73. The van der Waals surface area contributed by atoms with Crippen LogP contribution in [0.15, 0.2) is 21.2 Å². The largest absolute Gasteiger partial charge is 0.466 e. The maximum absolute atomic E-state index is 6.14. The van der Waals surface area contributed by atoms with Gasteiger partial charge in [-0.05, 0) is 48.3 Å². The van der Waals surface area contributed by atoms with Crippen molar-refractivity contribution in [3.8, 4) is 0 Å². The van der Waals surface area contributed by atoms with Crippen LogP contribution in [-0.2, 0) is 4.74 Å². The van der Waals surface area contributed by atoms with E-state index in [1.165, 1.54) is 12.8 Å². The summed E-state index contributed by atoms with van der Waals surface area (Å²) in [4.78, 5) is 0. The first-order valence-electron chi connectivity index (χ1n) is 6.83. The van der Waals surface area contributed by atoms with Crippen molar-refractivity contribution in [1.29, 1.82) is 0 Å². The first-order valence-corrected chi connectivity index (χ1v) is 7.63. The molecule has 0 saturated heterocycles. The van der Waals surface area contributed by atoms with E-state index in [0.29, 0.717) is 0 Å². The van der Waals surface area contributed by atoms with E-state index in [1.54, 1.807) is 6.26 Å². The Labute approximate surface area is 117 Å². The van der Waals surface area contributed by atoms with E-state index in [-0.39, 0.29) is 11.6 Å². The Morgan fingerprint density at radius 2 is 2.17 bits per heavy atom. The number of furan rings is 1. The molecule has 1 fully saturated rings. The van der Waals surface area contributed by atoms with Crippen LogP contribution in [0.1, 0.15) is 51.3 Å². The van der Waals surface area contributed by atoms with Crippen LogP contribution in [0, 0.1) is 0 Å². The molecule has 0 radical (unpaired) electrons. The Balaban J connectivity index is 2.30. The third-order valence-electron chi connectivity index (χ3n) is 3.72. The zero-order valence-corrected chi connectivity index (χ0v) is 12.8. The van der Waals surface area contributed by atoms with Crippen LogP contribution in [0.25, 0.3) is 0 Å². The number of rotatable bonds is 6. The third kappa shape index (κ3) is 2.65. The molecule has 1 N–H and O–H groups in total. The van der Waals surface area contributed by atoms with Gasteiger partial charge in [0.05, 0.1) is 22.4 Å². The van der Waals surface area contributed by atoms with Crippen LogP contribution in [-0.4, -0.2) is 18.8 Å². The second kappa shape index (κ2) is 6.22. The molecule has 1 aliphatic carbocycles. The van der Waals surface area contributed by atoms with Gasteiger partial charge in [0.1, 0.15) is 5.76 Å². The molecule has 1 atom stereocenters. The van der Waals surface area contributed by atoms with Crippen molar-refractivity contribution in [3.63, 3.8) is 0 Å². The van der Waals surface area contributed by atoms with Gasteiger partial charge in [-0.25, -0.2) is 0 Å². The minimum atomic E-state index is -0.106. The summed E-state index contributed by atoms with van der Waals surface area (Å²) in [6, 6.07) is 2.09. The highest BCUT2D eigenvalue weighted by molar-refractivity contribution is 9.10. The summed E-state index contributed by atoms with van der Waals surface area (Å²) >= 11 is 3.57. The van der Waals surface area contributed by atoms with Crippen LogP contribution in [0.4, 0.5) is 0 Å². The predicted octanol–water partition coefficient (Wildman–Crippen LogP) is 4.04. The zero-order valence-electron chi connectivity index (χ0n) is 11.2. The lowest BCUT2D eigenvalue weighted by molar-refractivity contribution is -0.0669. The Kier molecular flexibility index (Phi) is 4.87. The fourth-order valence-electron chi connectivity index (χ4n) is 3.01. The van der Waals surface area contributed by atoms with E-state index in [4.69, 9.17) is 9.15 Å². The number of nitrogens with one attached hydrogen (secondary N) is 1. The van der Waals surface area contributed by atoms with Crippen molar-refractivity contribution in [3.05, 3.63) is 22.6 Å². The molecule has 102 valence electrons. The highest BCUT2D eigenvalue weighted by Gasteiger charge is 2.44. The maximum Gasteiger partial charge on any atom is 0.137 e. The maximum atomic E-state index is 6.14. The molecule has 1 aromatic rings. The summed E-state index contributed by atoms with van der Waals surface area (Å²) in [6.07, 6.45) is 6.41. The molecule has 1 unspecified atom stereocenters. The lowest BCUT2D eigenvalue weighted by atomic mass is 9.90. The van der Waals surface area contributed by atoms with Gasteiger partial charge >= 0.3 is 0 Å². The Morgan fingerprint density at radius 3 is 2.67 bits per heavy atom. The minimum absolute atomic E-state index is 0.106. The molecule has 2 rings (SSSR count). The van der Waals surface area contributed by atoms with Crippen LogP contribution < -0.4 is 5.32 Å². The normalized spacial score (nSPS) is 20.2. The zero-order chi connectivity index (χ0) is 13.0. The summed E-state index contributed by atoms with van der Waals surface area (Å²) in [7, 11) is 0. The summed E-state index contributed by atoms with van der Waals surface area (Å²) < 4.78 is 12.8. The molecule has 18 heavy (non-hydrogen) atoms. The van der Waals surface area contributed by atoms with Crippen molar-refractivity contribution in [1.82, 2.24) is 5.32 Å². The standard InChI is InChI=1S/C14H22BrNO2/c1-3-16-13(12-11(15)7-10-17-12)14(18-4-2)8-5-6-9-14/h7,10,13,16H,3-6,8-9H2,1-2H3. The van der Waals surface area contributed by atoms with Crippen LogP contribution in [0.2, 0.25) is 0 Å². The second-order valence-electron chi connectivity index (χ2n) is 4.83. The van der Waals surface area contributed by atoms with Crippen molar-refractivity contribution >= 4 is 15.9 Å². The van der Waals surface area contributed by atoms with E-state index in [9.17, 15) is 0 Å². The van der Waals surface area contributed by atoms with Crippen LogP contribution >= 0.6 is 15.9 Å². The summed E-state index contributed by atoms with van der Waals surface area (Å²) in [5.74, 6) is 0.965. The Morgan fingerprint density at radius 1 is 1.44 bits per heavy atom. The first kappa shape index (κ1) is 14.1. The molecule has 0 bridgehead atoms. The number of likely N-dealkylation sites (N-methyl/N-ethyl adjacent to an activating group) is 1. The monoisotopic (exact) mass is 315 g/mol. The molecule has 0 spiro atoms. The third-order valence-corrected chi connectivity index (χ3v) is 4.38. The van der Waals surface area contributed by atoms with E-state index in [1.807, 2.05) is 6.07 Å². The predicted molar refractivity (Wildman–Crippen MR) is 75.7 cm³/mol. The molecule has 4 heteroatoms. The fraction of sp³-hybridized carbons (Fsp3) is 0.714. The van der Waals surface area contributed by atoms with E-state index < -0.39 is 0 Å². The molecule has 1 saturated carbocycles. The lowest BCUT2D eigenvalue weighted by Gasteiger charge is -2.37. The smallest absolute Gasteiger partial charge is 0.137 e. The average molecular weight is 316 g/mol. The molecular formula is C14H22BrNO2. The van der Waals surface area contributed by atoms with Crippen molar-refractivity contribution < 1.29 is 9.15 Å². The Hall–Kier alpha value is -0.320. The summed E-state index contributed by atoms with van der Waals surface area (Å²) in [5, 5.41) is 3.54. The highest BCUT2D eigenvalue weighted by Crippen LogP contribution is 2.44. The lowest BCUT2D eigenvalue weighted by Crippen LogP contribution is -2.44. The van der Waals surface area contributed by atoms with Gasteiger partial charge in [0.2, 0.25) is 0 Å². The van der Waals surface area contributed by atoms with E-state index >= 15 is 0 Å². The summed E-state index contributed by atoms with van der Waals surface area (Å²) in [6.45, 7) is 5.85. The van der Waals surface area contributed by atoms with E-state index in [0.717, 1.165) is 36.2 Å². The highest BCUT2D eigenvalue weighted by atomic mass is 79.9. The number of hydrogen-bond acceptors (Lipinski definition) is 3. The summed E-state index contributed by atoms with van der Waals surface area (Å²) in [5.41, 5.74) is -0.106. The molecule has 0 amide bonds. The minimum Gasteiger partial charge on any atom is -0.466 e. The quantitative estimate of drug-likeness (QED) is 0.860. The van der Waals surface area contributed by atoms with E-state index in [2.05, 4.69) is 35.1 Å². The van der Waals surface area contributed by atoms with Gasteiger partial charge < -0.3 is 14.5 Å². The fourth-order valence-corrected chi connectivity index (χ4v) is 3.44. The van der Waals surface area contributed by atoms with Gasteiger partial charge in [0, 0.05) is 6.61 Å². The topological polar surface area (TPSA) is 34.4 Å². The number of hydrogen-bond donors (Lipinski definition) is 1. The Bertz CT molecular complexity index is 372. The van der Waals surface area contributed by atoms with Crippen molar-refractivity contribution in [2.24, 2.45) is 0 Å². The molecule has 0 aromatic carbocycles. The van der Waals surface area contributed by atoms with Gasteiger partial charge in [-0.15, -0.1) is 0 Å². The average Bonchev–Trinajstić information content (AvgIpc) is 2.97. The number of halogens is 1. The van der Waals surface area contributed by atoms with Crippen molar-refractivity contribution in [2.75, 3.05) is 13.2 Å². The van der Waals surface area contributed by atoms with Gasteiger partial charge in [-0.2, -0.15) is 0 Å². The van der Waals surface area contributed by atoms with Crippen molar-refractivity contribution in [2.45, 2.75) is 51.2 Å². The molecule has 1 aromatic heterocycles. The van der Waals surface area contributed by atoms with Gasteiger partial charge in [0.25, 0.3) is 0 Å². The molecular weight excluding hydrogens is 294 g/mol. The van der Waals surface area contributed by atoms with Gasteiger partial charge in [0.15, 0.2) is 0 Å². The van der Waals surface area contributed by atoms with Gasteiger partial charge in [-0.1, -0.05) is 19.8 Å². The van der Waals surface area contributed by atoms with Crippen LogP contribution in [0.5, 0.6) is 0 Å². The molecule has 0 aliphatic heterocycles.